The van der Waals surface area contributed by atoms with Crippen LogP contribution in [0.3, 0.4) is 0 Å². The Morgan fingerprint density at radius 3 is 2.37 bits per heavy atom. The fourth-order valence-electron chi connectivity index (χ4n) is 2.41. The fraction of sp³-hybridized carbons (Fsp3) is 0.158. The lowest BCUT2D eigenvalue weighted by molar-refractivity contribution is -0.113. The van der Waals surface area contributed by atoms with E-state index < -0.39 is 0 Å². The average molecular weight is 445 g/mol. The summed E-state index contributed by atoms with van der Waals surface area (Å²) >= 11 is 4.73. The Balaban J connectivity index is 1.60. The highest BCUT2D eigenvalue weighted by atomic mass is 79.9. The molecular formula is C19H17BrN4O2S. The second-order valence-electron chi connectivity index (χ2n) is 5.84. The summed E-state index contributed by atoms with van der Waals surface area (Å²) in [5.41, 5.74) is 2.22. The zero-order valence-corrected chi connectivity index (χ0v) is 17.2. The largest absolute Gasteiger partial charge is 0.325 e. The maximum absolute atomic E-state index is 12.2. The van der Waals surface area contributed by atoms with Crippen LogP contribution in [0.25, 0.3) is 11.4 Å². The molecule has 3 aromatic rings. The number of aromatic nitrogens is 3. The van der Waals surface area contributed by atoms with E-state index in [9.17, 15) is 9.59 Å². The highest BCUT2D eigenvalue weighted by Crippen LogP contribution is 2.24. The van der Waals surface area contributed by atoms with Gasteiger partial charge in [-0.1, -0.05) is 39.8 Å². The number of hydrogen-bond acceptors (Lipinski definition) is 5. The van der Waals surface area contributed by atoms with Crippen LogP contribution < -0.4 is 5.32 Å². The quantitative estimate of drug-likeness (QED) is 0.455. The normalized spacial score (nSPS) is 10.6. The van der Waals surface area contributed by atoms with Gasteiger partial charge in [0.25, 0.3) is 0 Å². The summed E-state index contributed by atoms with van der Waals surface area (Å²) in [5, 5.41) is 11.9. The van der Waals surface area contributed by atoms with Crippen molar-refractivity contribution in [1.29, 1.82) is 0 Å². The van der Waals surface area contributed by atoms with Gasteiger partial charge in [0.15, 0.2) is 16.8 Å². The second-order valence-corrected chi connectivity index (χ2v) is 7.70. The van der Waals surface area contributed by atoms with E-state index in [4.69, 9.17) is 0 Å². The second kappa shape index (κ2) is 8.49. The zero-order valence-electron chi connectivity index (χ0n) is 14.8. The molecule has 1 amide bonds. The molecule has 2 aromatic carbocycles. The first-order valence-electron chi connectivity index (χ1n) is 8.13. The van der Waals surface area contributed by atoms with Crippen molar-refractivity contribution >= 4 is 45.1 Å². The number of anilines is 1. The van der Waals surface area contributed by atoms with Gasteiger partial charge in [-0.25, -0.2) is 0 Å². The molecule has 138 valence electrons. The van der Waals surface area contributed by atoms with Gasteiger partial charge < -0.3 is 9.88 Å². The molecule has 0 aliphatic heterocycles. The van der Waals surface area contributed by atoms with Gasteiger partial charge in [0.05, 0.1) is 5.75 Å². The minimum Gasteiger partial charge on any atom is -0.325 e. The smallest absolute Gasteiger partial charge is 0.234 e. The molecule has 0 saturated heterocycles. The molecule has 0 saturated carbocycles. The van der Waals surface area contributed by atoms with Crippen LogP contribution in [0.2, 0.25) is 0 Å². The fourth-order valence-corrected chi connectivity index (χ4v) is 3.38. The van der Waals surface area contributed by atoms with E-state index in [1.807, 2.05) is 35.9 Å². The molecule has 27 heavy (non-hydrogen) atoms. The molecule has 0 atom stereocenters. The predicted octanol–water partition coefficient (Wildman–Crippen LogP) is 4.18. The Bertz CT molecular complexity index is 968. The van der Waals surface area contributed by atoms with E-state index in [-0.39, 0.29) is 17.4 Å². The van der Waals surface area contributed by atoms with Crippen molar-refractivity contribution in [2.45, 2.75) is 12.1 Å². The summed E-state index contributed by atoms with van der Waals surface area (Å²) in [7, 11) is 1.87. The van der Waals surface area contributed by atoms with Gasteiger partial charge in [0.1, 0.15) is 0 Å². The van der Waals surface area contributed by atoms with Gasteiger partial charge in [0.2, 0.25) is 5.91 Å². The van der Waals surface area contributed by atoms with Crippen LogP contribution in [-0.2, 0) is 11.8 Å². The summed E-state index contributed by atoms with van der Waals surface area (Å²) in [6.45, 7) is 1.51. The van der Waals surface area contributed by atoms with Gasteiger partial charge in [-0.3, -0.25) is 9.59 Å². The molecule has 6 nitrogen and oxygen atoms in total. The van der Waals surface area contributed by atoms with Gasteiger partial charge in [0, 0.05) is 28.3 Å². The number of amides is 1. The van der Waals surface area contributed by atoms with Crippen LogP contribution in [0, 0.1) is 0 Å². The topological polar surface area (TPSA) is 76.9 Å². The number of benzene rings is 2. The SMILES string of the molecule is CC(=O)c1ccc(NC(=O)CSc2nnc(-c3ccc(Br)cc3)n2C)cc1. The van der Waals surface area contributed by atoms with Crippen molar-refractivity contribution in [3.8, 4) is 11.4 Å². The van der Waals surface area contributed by atoms with Crippen LogP contribution in [0.15, 0.2) is 58.2 Å². The number of thioether (sulfide) groups is 1. The predicted molar refractivity (Wildman–Crippen MR) is 110 cm³/mol. The molecule has 1 aromatic heterocycles. The lowest BCUT2D eigenvalue weighted by atomic mass is 10.1. The lowest BCUT2D eigenvalue weighted by Gasteiger charge is -2.06. The third kappa shape index (κ3) is 4.84. The number of nitrogens with one attached hydrogen (secondary N) is 1. The van der Waals surface area contributed by atoms with Crippen molar-refractivity contribution in [3.63, 3.8) is 0 Å². The van der Waals surface area contributed by atoms with Crippen molar-refractivity contribution in [3.05, 3.63) is 58.6 Å². The van der Waals surface area contributed by atoms with Crippen molar-refractivity contribution in [2.24, 2.45) is 7.05 Å². The molecular weight excluding hydrogens is 428 g/mol. The van der Waals surface area contributed by atoms with E-state index in [1.54, 1.807) is 24.3 Å². The number of Topliss-reactive ketones (excluding diaryl/α,β-unsaturated/α-hetero) is 1. The first-order chi connectivity index (χ1) is 12.9. The van der Waals surface area contributed by atoms with E-state index in [0.29, 0.717) is 16.4 Å². The lowest BCUT2D eigenvalue weighted by Crippen LogP contribution is -2.14. The van der Waals surface area contributed by atoms with Crippen molar-refractivity contribution in [2.75, 3.05) is 11.1 Å². The molecule has 0 spiro atoms. The summed E-state index contributed by atoms with van der Waals surface area (Å²) in [6.07, 6.45) is 0. The summed E-state index contributed by atoms with van der Waals surface area (Å²) in [6, 6.07) is 14.6. The average Bonchev–Trinajstić information content (AvgIpc) is 3.02. The Kier molecular flexibility index (Phi) is 6.08. The molecule has 0 fully saturated rings. The number of halogens is 1. The maximum atomic E-state index is 12.2. The number of carbonyl (C=O) groups excluding carboxylic acids is 2. The van der Waals surface area contributed by atoms with Gasteiger partial charge in [-0.05, 0) is 43.3 Å². The zero-order chi connectivity index (χ0) is 19.4. The Morgan fingerprint density at radius 1 is 1.07 bits per heavy atom. The maximum Gasteiger partial charge on any atom is 0.234 e. The Morgan fingerprint density at radius 2 is 1.74 bits per heavy atom. The van der Waals surface area contributed by atoms with E-state index in [1.165, 1.54) is 18.7 Å². The monoisotopic (exact) mass is 444 g/mol. The summed E-state index contributed by atoms with van der Waals surface area (Å²) < 4.78 is 2.86. The van der Waals surface area contributed by atoms with Crippen LogP contribution in [-0.4, -0.2) is 32.2 Å². The molecule has 8 heteroatoms. The first kappa shape index (κ1) is 19.3. The highest BCUT2D eigenvalue weighted by molar-refractivity contribution is 9.10. The molecule has 1 heterocycles. The minimum absolute atomic E-state index is 0.00714. The minimum atomic E-state index is -0.149. The van der Waals surface area contributed by atoms with E-state index >= 15 is 0 Å². The standard InChI is InChI=1S/C19H17BrN4O2S/c1-12(25)13-5-9-16(10-6-13)21-17(26)11-27-19-23-22-18(24(19)2)14-3-7-15(20)8-4-14/h3-10H,11H2,1-2H3,(H,21,26). The molecule has 0 unspecified atom stereocenters. The van der Waals surface area contributed by atoms with Crippen molar-refractivity contribution in [1.82, 2.24) is 14.8 Å². The van der Waals surface area contributed by atoms with E-state index in [2.05, 4.69) is 31.4 Å². The highest BCUT2D eigenvalue weighted by Gasteiger charge is 2.13. The van der Waals surface area contributed by atoms with Gasteiger partial charge in [-0.15, -0.1) is 10.2 Å². The van der Waals surface area contributed by atoms with Crippen LogP contribution in [0.5, 0.6) is 0 Å². The van der Waals surface area contributed by atoms with Gasteiger partial charge >= 0.3 is 0 Å². The molecule has 0 bridgehead atoms. The molecule has 3 rings (SSSR count). The number of rotatable bonds is 6. The Labute approximate surface area is 169 Å². The summed E-state index contributed by atoms with van der Waals surface area (Å²) in [4.78, 5) is 23.5. The molecule has 1 N–H and O–H groups in total. The third-order valence-corrected chi connectivity index (χ3v) is 5.39. The number of hydrogen-bond donors (Lipinski definition) is 1. The van der Waals surface area contributed by atoms with Gasteiger partial charge in [-0.2, -0.15) is 0 Å². The summed E-state index contributed by atoms with van der Waals surface area (Å²) in [5.74, 6) is 0.794. The van der Waals surface area contributed by atoms with Crippen LogP contribution >= 0.6 is 27.7 Å². The molecule has 0 aliphatic rings. The number of ketones is 1. The Hall–Kier alpha value is -2.45. The van der Waals surface area contributed by atoms with Crippen LogP contribution in [0.4, 0.5) is 5.69 Å². The van der Waals surface area contributed by atoms with Crippen molar-refractivity contribution < 1.29 is 9.59 Å². The number of carbonyl (C=O) groups is 2. The number of nitrogens with zero attached hydrogens (tertiary/aromatic N) is 3. The first-order valence-corrected chi connectivity index (χ1v) is 9.91. The van der Waals surface area contributed by atoms with Crippen LogP contribution in [0.1, 0.15) is 17.3 Å². The molecule has 0 radical (unpaired) electrons. The van der Waals surface area contributed by atoms with E-state index in [0.717, 1.165) is 15.9 Å². The molecule has 0 aliphatic carbocycles. The third-order valence-electron chi connectivity index (χ3n) is 3.84.